The van der Waals surface area contributed by atoms with Crippen molar-refractivity contribution in [3.8, 4) is 0 Å². The Hall–Kier alpha value is -0.0800. The van der Waals surface area contributed by atoms with Crippen LogP contribution < -0.4 is 10.6 Å². The van der Waals surface area contributed by atoms with Gasteiger partial charge in [0, 0.05) is 33.4 Å². The zero-order valence-corrected chi connectivity index (χ0v) is 19.4. The summed E-state index contributed by atoms with van der Waals surface area (Å²) in [5.41, 5.74) is 0.393. The molecule has 0 unspecified atom stereocenters. The number of likely N-dealkylation sites (tertiary alicyclic amines) is 1. The second-order valence-corrected chi connectivity index (χ2v) is 7.83. The topological polar surface area (TPSA) is 48.9 Å². The second-order valence-electron chi connectivity index (χ2n) is 7.83. The number of ether oxygens (including phenoxy) is 1. The number of methoxy groups -OCH3 is 1. The first-order valence-corrected chi connectivity index (χ1v) is 10.5. The van der Waals surface area contributed by atoms with Crippen molar-refractivity contribution in [2.45, 2.75) is 64.7 Å². The number of guanidine groups is 1. The van der Waals surface area contributed by atoms with Gasteiger partial charge < -0.3 is 20.3 Å². The van der Waals surface area contributed by atoms with Crippen LogP contribution in [0.5, 0.6) is 0 Å². The normalized spacial score (nSPS) is 20.6. The molecule has 0 amide bonds. The smallest absolute Gasteiger partial charge is 0.191 e. The van der Waals surface area contributed by atoms with Gasteiger partial charge in [0.1, 0.15) is 0 Å². The van der Waals surface area contributed by atoms with Crippen LogP contribution in [-0.4, -0.2) is 63.8 Å². The molecule has 1 saturated carbocycles. The quantitative estimate of drug-likeness (QED) is 0.217. The lowest BCUT2D eigenvalue weighted by molar-refractivity contribution is 0.0778. The van der Waals surface area contributed by atoms with Crippen molar-refractivity contribution in [2.75, 3.05) is 53.0 Å². The summed E-state index contributed by atoms with van der Waals surface area (Å²) in [6.07, 6.45) is 11.9. The molecule has 26 heavy (non-hydrogen) atoms. The SMILES string of the molecule is CCNC(=NCC1(CCOC)CCC1)NCCCN1CCCCCC1.I. The van der Waals surface area contributed by atoms with Crippen LogP contribution in [-0.2, 0) is 4.74 Å². The van der Waals surface area contributed by atoms with Crippen LogP contribution in [0, 0.1) is 5.41 Å². The lowest BCUT2D eigenvalue weighted by Crippen LogP contribution is -2.41. The van der Waals surface area contributed by atoms with Crippen molar-refractivity contribution in [3.63, 3.8) is 0 Å². The Morgan fingerprint density at radius 1 is 1.08 bits per heavy atom. The van der Waals surface area contributed by atoms with Gasteiger partial charge in [-0.2, -0.15) is 0 Å². The Bertz CT molecular complexity index is 380. The highest BCUT2D eigenvalue weighted by Gasteiger charge is 2.36. The summed E-state index contributed by atoms with van der Waals surface area (Å²) >= 11 is 0. The lowest BCUT2D eigenvalue weighted by Gasteiger charge is -2.40. The lowest BCUT2D eigenvalue weighted by atomic mass is 9.67. The van der Waals surface area contributed by atoms with Crippen LogP contribution in [0.2, 0.25) is 0 Å². The highest BCUT2D eigenvalue weighted by atomic mass is 127. The van der Waals surface area contributed by atoms with Gasteiger partial charge in [-0.05, 0) is 70.5 Å². The van der Waals surface area contributed by atoms with Crippen molar-refractivity contribution < 1.29 is 4.74 Å². The molecular formula is C20H41IN4O. The summed E-state index contributed by atoms with van der Waals surface area (Å²) < 4.78 is 5.29. The van der Waals surface area contributed by atoms with E-state index >= 15 is 0 Å². The van der Waals surface area contributed by atoms with Crippen LogP contribution in [0.15, 0.2) is 4.99 Å². The van der Waals surface area contributed by atoms with Crippen LogP contribution in [0.4, 0.5) is 0 Å². The molecule has 1 heterocycles. The van der Waals surface area contributed by atoms with Gasteiger partial charge in [-0.15, -0.1) is 24.0 Å². The van der Waals surface area contributed by atoms with Crippen molar-refractivity contribution in [3.05, 3.63) is 0 Å². The van der Waals surface area contributed by atoms with Gasteiger partial charge >= 0.3 is 0 Å². The molecule has 6 heteroatoms. The first-order chi connectivity index (χ1) is 12.3. The van der Waals surface area contributed by atoms with E-state index in [9.17, 15) is 0 Å². The fourth-order valence-electron chi connectivity index (χ4n) is 3.94. The maximum atomic E-state index is 5.29. The minimum Gasteiger partial charge on any atom is -0.385 e. The van der Waals surface area contributed by atoms with E-state index in [4.69, 9.17) is 9.73 Å². The van der Waals surface area contributed by atoms with Gasteiger partial charge in [-0.25, -0.2) is 0 Å². The average Bonchev–Trinajstić information content (AvgIpc) is 2.86. The first kappa shape index (κ1) is 24.0. The number of aliphatic imine (C=N–C) groups is 1. The van der Waals surface area contributed by atoms with Gasteiger partial charge in [0.05, 0.1) is 0 Å². The molecule has 0 spiro atoms. The molecule has 0 radical (unpaired) electrons. The maximum Gasteiger partial charge on any atom is 0.191 e. The Balaban J connectivity index is 0.00000338. The number of rotatable bonds is 10. The van der Waals surface area contributed by atoms with Crippen molar-refractivity contribution in [1.82, 2.24) is 15.5 Å². The first-order valence-electron chi connectivity index (χ1n) is 10.5. The number of hydrogen-bond donors (Lipinski definition) is 2. The van der Waals surface area contributed by atoms with E-state index in [1.165, 1.54) is 71.0 Å². The predicted molar refractivity (Wildman–Crippen MR) is 122 cm³/mol. The standard InChI is InChI=1S/C20H40N4O.HI/c1-3-21-19(23-18-20(10-8-11-20)12-17-25-2)22-13-9-16-24-14-6-4-5-7-15-24;/h3-18H2,1-2H3,(H2,21,22,23);1H. The van der Waals surface area contributed by atoms with E-state index in [0.717, 1.165) is 38.6 Å². The molecule has 0 atom stereocenters. The van der Waals surface area contributed by atoms with Crippen molar-refractivity contribution in [1.29, 1.82) is 0 Å². The molecule has 0 bridgehead atoms. The number of nitrogens with one attached hydrogen (secondary N) is 2. The maximum absolute atomic E-state index is 5.29. The molecule has 0 aromatic carbocycles. The average molecular weight is 480 g/mol. The third-order valence-corrected chi connectivity index (χ3v) is 5.81. The van der Waals surface area contributed by atoms with Crippen molar-refractivity contribution in [2.24, 2.45) is 10.4 Å². The third kappa shape index (κ3) is 8.74. The molecule has 2 N–H and O–H groups in total. The fraction of sp³-hybridized carbons (Fsp3) is 0.950. The van der Waals surface area contributed by atoms with E-state index in [1.54, 1.807) is 7.11 Å². The van der Waals surface area contributed by atoms with E-state index < -0.39 is 0 Å². The third-order valence-electron chi connectivity index (χ3n) is 5.81. The molecular weight excluding hydrogens is 439 g/mol. The van der Waals surface area contributed by atoms with Gasteiger partial charge in [0.25, 0.3) is 0 Å². The van der Waals surface area contributed by atoms with Crippen molar-refractivity contribution >= 4 is 29.9 Å². The summed E-state index contributed by atoms with van der Waals surface area (Å²) in [6, 6.07) is 0. The predicted octanol–water partition coefficient (Wildman–Crippen LogP) is 3.63. The summed E-state index contributed by atoms with van der Waals surface area (Å²) in [5, 5.41) is 6.94. The molecule has 1 aliphatic heterocycles. The van der Waals surface area contributed by atoms with Crippen LogP contribution >= 0.6 is 24.0 Å². The molecule has 2 rings (SSSR count). The molecule has 1 aliphatic carbocycles. The van der Waals surface area contributed by atoms with Gasteiger partial charge in [-0.3, -0.25) is 4.99 Å². The summed E-state index contributed by atoms with van der Waals surface area (Å²) in [5.74, 6) is 0.988. The number of hydrogen-bond acceptors (Lipinski definition) is 3. The largest absolute Gasteiger partial charge is 0.385 e. The van der Waals surface area contributed by atoms with Crippen LogP contribution in [0.3, 0.4) is 0 Å². The van der Waals surface area contributed by atoms with Crippen LogP contribution in [0.1, 0.15) is 64.7 Å². The molecule has 0 aromatic rings. The number of nitrogens with zero attached hydrogens (tertiary/aromatic N) is 2. The van der Waals surface area contributed by atoms with Gasteiger partial charge in [-0.1, -0.05) is 19.3 Å². The summed E-state index contributed by atoms with van der Waals surface area (Å²) in [7, 11) is 1.80. The second kappa shape index (κ2) is 14.0. The van der Waals surface area contributed by atoms with E-state index in [1.807, 2.05) is 0 Å². The Kier molecular flexibility index (Phi) is 12.9. The van der Waals surface area contributed by atoms with E-state index in [0.29, 0.717) is 5.41 Å². The monoisotopic (exact) mass is 480 g/mol. The molecule has 1 saturated heterocycles. The number of halogens is 1. The zero-order valence-electron chi connectivity index (χ0n) is 17.0. The fourth-order valence-corrected chi connectivity index (χ4v) is 3.94. The van der Waals surface area contributed by atoms with Gasteiger partial charge in [0.2, 0.25) is 0 Å². The zero-order chi connectivity index (χ0) is 17.8. The summed E-state index contributed by atoms with van der Waals surface area (Å²) in [4.78, 5) is 7.52. The Labute approximate surface area is 178 Å². The molecule has 2 aliphatic rings. The summed E-state index contributed by atoms with van der Waals surface area (Å²) in [6.45, 7) is 9.64. The van der Waals surface area contributed by atoms with Crippen LogP contribution in [0.25, 0.3) is 0 Å². The molecule has 5 nitrogen and oxygen atoms in total. The molecule has 154 valence electrons. The highest BCUT2D eigenvalue weighted by Crippen LogP contribution is 2.44. The Morgan fingerprint density at radius 2 is 1.81 bits per heavy atom. The minimum absolute atomic E-state index is 0. The van der Waals surface area contributed by atoms with E-state index in [-0.39, 0.29) is 24.0 Å². The minimum atomic E-state index is 0. The Morgan fingerprint density at radius 3 is 2.38 bits per heavy atom. The van der Waals surface area contributed by atoms with E-state index in [2.05, 4.69) is 22.5 Å². The molecule has 2 fully saturated rings. The van der Waals surface area contributed by atoms with Gasteiger partial charge in [0.15, 0.2) is 5.96 Å². The highest BCUT2D eigenvalue weighted by molar-refractivity contribution is 14.0. The molecule has 0 aromatic heterocycles.